The number of nitrogen functional groups attached to an aromatic ring is 1. The van der Waals surface area contributed by atoms with E-state index >= 15 is 0 Å². The number of aromatic nitrogens is 1. The maximum atomic E-state index is 11.5. The molecule has 0 saturated heterocycles. The molecule has 0 bridgehead atoms. The molecule has 0 aromatic carbocycles. The molecule has 110 valence electrons. The maximum Gasteiger partial charge on any atom is 0.340 e. The zero-order valence-corrected chi connectivity index (χ0v) is 12.0. The fourth-order valence-electron chi connectivity index (χ4n) is 2.80. The summed E-state index contributed by atoms with van der Waals surface area (Å²) in [6.07, 6.45) is 9.44. The van der Waals surface area contributed by atoms with Gasteiger partial charge in [-0.1, -0.05) is 25.7 Å². The Balaban J connectivity index is 1.84. The molecule has 1 saturated carbocycles. The summed E-state index contributed by atoms with van der Waals surface area (Å²) in [6, 6.07) is 1.57. The van der Waals surface area contributed by atoms with Gasteiger partial charge in [-0.2, -0.15) is 0 Å². The van der Waals surface area contributed by atoms with E-state index in [9.17, 15) is 4.79 Å². The Kier molecular flexibility index (Phi) is 5.21. The average molecular weight is 277 g/mol. The highest BCUT2D eigenvalue weighted by Crippen LogP contribution is 2.28. The maximum absolute atomic E-state index is 11.5. The SMILES string of the molecule is COC(=O)c1ccnc(NCCCC2CCCC2)c1N. The zero-order valence-electron chi connectivity index (χ0n) is 12.0. The average Bonchev–Trinajstić information content (AvgIpc) is 2.97. The minimum Gasteiger partial charge on any atom is -0.465 e. The molecule has 1 aliphatic rings. The van der Waals surface area contributed by atoms with Crippen LogP contribution in [0, 0.1) is 5.92 Å². The molecule has 0 spiro atoms. The van der Waals surface area contributed by atoms with Crippen LogP contribution in [0.2, 0.25) is 0 Å². The third-order valence-corrected chi connectivity index (χ3v) is 3.95. The highest BCUT2D eigenvalue weighted by atomic mass is 16.5. The highest BCUT2D eigenvalue weighted by molar-refractivity contribution is 5.97. The fraction of sp³-hybridized carbons (Fsp3) is 0.600. The third-order valence-electron chi connectivity index (χ3n) is 3.95. The Morgan fingerprint density at radius 3 is 2.95 bits per heavy atom. The van der Waals surface area contributed by atoms with Crippen molar-refractivity contribution in [3.8, 4) is 0 Å². The normalized spacial score (nSPS) is 15.2. The van der Waals surface area contributed by atoms with Crippen LogP contribution < -0.4 is 11.1 Å². The number of anilines is 2. The summed E-state index contributed by atoms with van der Waals surface area (Å²) >= 11 is 0. The molecule has 0 radical (unpaired) electrons. The molecule has 0 amide bonds. The molecule has 1 aromatic heterocycles. The summed E-state index contributed by atoms with van der Waals surface area (Å²) < 4.78 is 4.69. The predicted octanol–water partition coefficient (Wildman–Crippen LogP) is 2.83. The molecule has 1 heterocycles. The van der Waals surface area contributed by atoms with Crippen LogP contribution >= 0.6 is 0 Å². The van der Waals surface area contributed by atoms with E-state index in [1.165, 1.54) is 39.2 Å². The predicted molar refractivity (Wildman–Crippen MR) is 79.7 cm³/mol. The standard InChI is InChI=1S/C15H23N3O2/c1-20-15(19)12-8-10-18-14(13(12)16)17-9-4-7-11-5-2-3-6-11/h8,10-11H,2-7,9,16H2,1H3,(H,17,18). The number of nitrogens with two attached hydrogens (primary N) is 1. The minimum atomic E-state index is -0.432. The Morgan fingerprint density at radius 2 is 2.25 bits per heavy atom. The molecule has 1 aromatic rings. The molecule has 1 fully saturated rings. The van der Waals surface area contributed by atoms with Crippen LogP contribution in [0.4, 0.5) is 11.5 Å². The minimum absolute atomic E-state index is 0.361. The molecule has 20 heavy (non-hydrogen) atoms. The lowest BCUT2D eigenvalue weighted by atomic mass is 10.0. The van der Waals surface area contributed by atoms with E-state index in [2.05, 4.69) is 10.3 Å². The lowest BCUT2D eigenvalue weighted by molar-refractivity contribution is 0.0602. The number of hydrogen-bond donors (Lipinski definition) is 2. The van der Waals surface area contributed by atoms with Gasteiger partial charge in [0.25, 0.3) is 0 Å². The van der Waals surface area contributed by atoms with Gasteiger partial charge >= 0.3 is 5.97 Å². The van der Waals surface area contributed by atoms with Crippen LogP contribution in [0.25, 0.3) is 0 Å². The summed E-state index contributed by atoms with van der Waals surface area (Å²) in [4.78, 5) is 15.7. The van der Waals surface area contributed by atoms with Crippen LogP contribution in [0.5, 0.6) is 0 Å². The molecule has 0 aliphatic heterocycles. The largest absolute Gasteiger partial charge is 0.465 e. The van der Waals surface area contributed by atoms with Crippen molar-refractivity contribution < 1.29 is 9.53 Å². The van der Waals surface area contributed by atoms with Crippen molar-refractivity contribution in [2.75, 3.05) is 24.7 Å². The molecule has 0 unspecified atom stereocenters. The van der Waals surface area contributed by atoms with Crippen LogP contribution in [0.1, 0.15) is 48.9 Å². The molecule has 0 atom stereocenters. The summed E-state index contributed by atoms with van der Waals surface area (Å²) in [5, 5.41) is 3.21. The van der Waals surface area contributed by atoms with Crippen molar-refractivity contribution in [1.29, 1.82) is 0 Å². The number of nitrogens with zero attached hydrogens (tertiary/aromatic N) is 1. The number of carbonyl (C=O) groups is 1. The van der Waals surface area contributed by atoms with Gasteiger partial charge in [-0.3, -0.25) is 0 Å². The van der Waals surface area contributed by atoms with Crippen molar-refractivity contribution in [2.24, 2.45) is 5.92 Å². The van der Waals surface area contributed by atoms with E-state index in [1.54, 1.807) is 12.3 Å². The second kappa shape index (κ2) is 7.12. The Hall–Kier alpha value is -1.78. The Morgan fingerprint density at radius 1 is 1.50 bits per heavy atom. The highest BCUT2D eigenvalue weighted by Gasteiger charge is 2.15. The van der Waals surface area contributed by atoms with Crippen LogP contribution in [-0.4, -0.2) is 24.6 Å². The fourth-order valence-corrected chi connectivity index (χ4v) is 2.80. The van der Waals surface area contributed by atoms with Gasteiger partial charge in [-0.15, -0.1) is 0 Å². The second-order valence-corrected chi connectivity index (χ2v) is 5.33. The number of esters is 1. The van der Waals surface area contributed by atoms with Gasteiger partial charge in [0, 0.05) is 12.7 Å². The Labute approximate surface area is 119 Å². The van der Waals surface area contributed by atoms with Crippen molar-refractivity contribution >= 4 is 17.5 Å². The molecule has 1 aliphatic carbocycles. The van der Waals surface area contributed by atoms with E-state index in [-0.39, 0.29) is 0 Å². The van der Waals surface area contributed by atoms with Gasteiger partial charge in [0.1, 0.15) is 5.82 Å². The first-order valence-electron chi connectivity index (χ1n) is 7.29. The number of nitrogens with one attached hydrogen (secondary N) is 1. The number of ether oxygens (including phenoxy) is 1. The monoisotopic (exact) mass is 277 g/mol. The van der Waals surface area contributed by atoms with Gasteiger partial charge in [0.2, 0.25) is 0 Å². The smallest absolute Gasteiger partial charge is 0.340 e. The summed E-state index contributed by atoms with van der Waals surface area (Å²) in [7, 11) is 1.34. The zero-order chi connectivity index (χ0) is 14.4. The first-order valence-corrected chi connectivity index (χ1v) is 7.29. The third kappa shape index (κ3) is 3.62. The molecule has 5 nitrogen and oxygen atoms in total. The van der Waals surface area contributed by atoms with Crippen LogP contribution in [-0.2, 0) is 4.74 Å². The van der Waals surface area contributed by atoms with Crippen LogP contribution in [0.15, 0.2) is 12.3 Å². The van der Waals surface area contributed by atoms with Gasteiger partial charge < -0.3 is 15.8 Å². The summed E-state index contributed by atoms with van der Waals surface area (Å²) in [5.41, 5.74) is 6.66. The van der Waals surface area contributed by atoms with Crippen molar-refractivity contribution in [3.63, 3.8) is 0 Å². The number of pyridine rings is 1. The van der Waals surface area contributed by atoms with E-state index in [0.717, 1.165) is 18.9 Å². The topological polar surface area (TPSA) is 77.2 Å². The Bertz CT molecular complexity index is 456. The summed E-state index contributed by atoms with van der Waals surface area (Å²) in [6.45, 7) is 0.832. The van der Waals surface area contributed by atoms with Crippen molar-refractivity contribution in [1.82, 2.24) is 4.98 Å². The number of rotatable bonds is 6. The van der Waals surface area contributed by atoms with Gasteiger partial charge in [0.05, 0.1) is 18.4 Å². The first kappa shape index (κ1) is 14.6. The lowest BCUT2D eigenvalue weighted by Crippen LogP contribution is -2.12. The molecular formula is C15H23N3O2. The van der Waals surface area contributed by atoms with E-state index in [0.29, 0.717) is 17.1 Å². The van der Waals surface area contributed by atoms with Crippen molar-refractivity contribution in [2.45, 2.75) is 38.5 Å². The first-order chi connectivity index (χ1) is 9.72. The van der Waals surface area contributed by atoms with Gasteiger partial charge in [-0.25, -0.2) is 9.78 Å². The van der Waals surface area contributed by atoms with Gasteiger partial charge in [0.15, 0.2) is 0 Å². The molecular weight excluding hydrogens is 254 g/mol. The molecule has 3 N–H and O–H groups in total. The van der Waals surface area contributed by atoms with E-state index in [4.69, 9.17) is 10.5 Å². The van der Waals surface area contributed by atoms with Crippen molar-refractivity contribution in [3.05, 3.63) is 17.8 Å². The van der Waals surface area contributed by atoms with Gasteiger partial charge in [-0.05, 0) is 24.8 Å². The number of hydrogen-bond acceptors (Lipinski definition) is 5. The quantitative estimate of drug-likeness (QED) is 0.617. The van der Waals surface area contributed by atoms with E-state index in [1.807, 2.05) is 0 Å². The molecule has 5 heteroatoms. The van der Waals surface area contributed by atoms with Crippen LogP contribution in [0.3, 0.4) is 0 Å². The second-order valence-electron chi connectivity index (χ2n) is 5.33. The lowest BCUT2D eigenvalue weighted by Gasteiger charge is -2.12. The molecule has 2 rings (SSSR count). The summed E-state index contributed by atoms with van der Waals surface area (Å²) in [5.74, 6) is 1.03. The number of methoxy groups -OCH3 is 1. The number of carbonyl (C=O) groups excluding carboxylic acids is 1. The van der Waals surface area contributed by atoms with E-state index < -0.39 is 5.97 Å².